The van der Waals surface area contributed by atoms with E-state index in [1.807, 2.05) is 0 Å². The molecule has 0 aliphatic rings. The van der Waals surface area contributed by atoms with Gasteiger partial charge in [0, 0.05) is 13.5 Å². The minimum atomic E-state index is -0.239. The van der Waals surface area contributed by atoms with E-state index >= 15 is 0 Å². The van der Waals surface area contributed by atoms with Crippen LogP contribution >= 0.6 is 0 Å². The number of nitrogens with one attached hydrogen (secondary N) is 2. The maximum Gasteiger partial charge on any atom is 0.323 e. The Morgan fingerprint density at radius 3 is 2.50 bits per heavy atom. The molecule has 0 aromatic carbocycles. The van der Waals surface area contributed by atoms with Crippen LogP contribution in [-0.2, 0) is 14.3 Å². The van der Waals surface area contributed by atoms with Crippen LogP contribution in [0.2, 0.25) is 0 Å². The van der Waals surface area contributed by atoms with Crippen molar-refractivity contribution in [2.45, 2.75) is 39.2 Å². The number of carbonyl (C=O) groups excluding carboxylic acids is 2. The van der Waals surface area contributed by atoms with Crippen molar-refractivity contribution < 1.29 is 14.3 Å². The maximum atomic E-state index is 11.4. The number of amides is 1. The van der Waals surface area contributed by atoms with Gasteiger partial charge in [0.2, 0.25) is 5.91 Å². The fourth-order valence-electron chi connectivity index (χ4n) is 1.36. The summed E-state index contributed by atoms with van der Waals surface area (Å²) in [6.07, 6.45) is 2.48. The number of esters is 1. The Morgan fingerprint density at radius 1 is 1.31 bits per heavy atom. The SMILES string of the molecule is CCOC(=O)C(CCCCNC(C)=O)NC. The van der Waals surface area contributed by atoms with E-state index in [1.54, 1.807) is 14.0 Å². The average Bonchev–Trinajstić information content (AvgIpc) is 2.23. The van der Waals surface area contributed by atoms with Gasteiger partial charge in [-0.05, 0) is 33.2 Å². The molecule has 1 unspecified atom stereocenters. The smallest absolute Gasteiger partial charge is 0.323 e. The fourth-order valence-corrected chi connectivity index (χ4v) is 1.36. The zero-order chi connectivity index (χ0) is 12.4. The Hall–Kier alpha value is -1.10. The maximum absolute atomic E-state index is 11.4. The Bertz CT molecular complexity index is 219. The molecule has 1 amide bonds. The van der Waals surface area contributed by atoms with Gasteiger partial charge < -0.3 is 15.4 Å². The summed E-state index contributed by atoms with van der Waals surface area (Å²) in [6, 6.07) is -0.239. The van der Waals surface area contributed by atoms with Crippen LogP contribution < -0.4 is 10.6 Å². The highest BCUT2D eigenvalue weighted by molar-refractivity contribution is 5.75. The summed E-state index contributed by atoms with van der Waals surface area (Å²) in [4.78, 5) is 22.0. The number of rotatable bonds is 8. The number of ether oxygens (including phenoxy) is 1. The molecule has 5 heteroatoms. The zero-order valence-corrected chi connectivity index (χ0v) is 10.3. The lowest BCUT2D eigenvalue weighted by molar-refractivity contribution is -0.145. The molecule has 0 fully saturated rings. The second kappa shape index (κ2) is 9.15. The van der Waals surface area contributed by atoms with Crippen LogP contribution in [0, 0.1) is 0 Å². The summed E-state index contributed by atoms with van der Waals surface area (Å²) >= 11 is 0. The van der Waals surface area contributed by atoms with Crippen molar-refractivity contribution in [3.05, 3.63) is 0 Å². The van der Waals surface area contributed by atoms with Crippen molar-refractivity contribution in [2.24, 2.45) is 0 Å². The third-order valence-electron chi connectivity index (χ3n) is 2.21. The van der Waals surface area contributed by atoms with E-state index in [0.29, 0.717) is 13.2 Å². The first-order valence-electron chi connectivity index (χ1n) is 5.70. The van der Waals surface area contributed by atoms with Gasteiger partial charge in [0.1, 0.15) is 6.04 Å². The lowest BCUT2D eigenvalue weighted by Gasteiger charge is -2.14. The first-order valence-corrected chi connectivity index (χ1v) is 5.70. The van der Waals surface area contributed by atoms with Gasteiger partial charge in [-0.15, -0.1) is 0 Å². The molecule has 0 aliphatic heterocycles. The van der Waals surface area contributed by atoms with Crippen molar-refractivity contribution in [2.75, 3.05) is 20.2 Å². The minimum absolute atomic E-state index is 0.0180. The summed E-state index contributed by atoms with van der Waals surface area (Å²) < 4.78 is 4.92. The average molecular weight is 230 g/mol. The van der Waals surface area contributed by atoms with Crippen molar-refractivity contribution >= 4 is 11.9 Å². The van der Waals surface area contributed by atoms with Gasteiger partial charge >= 0.3 is 5.97 Å². The molecule has 0 saturated heterocycles. The van der Waals surface area contributed by atoms with E-state index in [0.717, 1.165) is 19.3 Å². The Balaban J connectivity index is 3.62. The Kier molecular flexibility index (Phi) is 8.52. The van der Waals surface area contributed by atoms with Gasteiger partial charge in [-0.1, -0.05) is 0 Å². The predicted octanol–water partition coefficient (Wildman–Crippen LogP) is 0.444. The monoisotopic (exact) mass is 230 g/mol. The Labute approximate surface area is 96.9 Å². The normalized spacial score (nSPS) is 11.9. The molecule has 1 atom stereocenters. The van der Waals surface area contributed by atoms with Crippen LogP contribution in [0.4, 0.5) is 0 Å². The Morgan fingerprint density at radius 2 is 2.00 bits per heavy atom. The van der Waals surface area contributed by atoms with E-state index in [-0.39, 0.29) is 17.9 Å². The van der Waals surface area contributed by atoms with Crippen LogP contribution in [0.1, 0.15) is 33.1 Å². The molecule has 0 aromatic heterocycles. The van der Waals surface area contributed by atoms with E-state index in [1.165, 1.54) is 6.92 Å². The lowest BCUT2D eigenvalue weighted by Crippen LogP contribution is -2.35. The second-order valence-electron chi connectivity index (χ2n) is 3.57. The molecule has 0 aromatic rings. The molecular formula is C11H22N2O3. The molecule has 0 bridgehead atoms. The highest BCUT2D eigenvalue weighted by Crippen LogP contribution is 2.02. The van der Waals surface area contributed by atoms with Gasteiger partial charge in [-0.2, -0.15) is 0 Å². The van der Waals surface area contributed by atoms with Crippen LogP contribution in [0.25, 0.3) is 0 Å². The molecule has 16 heavy (non-hydrogen) atoms. The molecule has 0 radical (unpaired) electrons. The molecule has 0 heterocycles. The second-order valence-corrected chi connectivity index (χ2v) is 3.57. The summed E-state index contributed by atoms with van der Waals surface area (Å²) in [5.74, 6) is -0.222. The molecular weight excluding hydrogens is 208 g/mol. The van der Waals surface area contributed by atoms with Crippen molar-refractivity contribution in [3.8, 4) is 0 Å². The highest BCUT2D eigenvalue weighted by Gasteiger charge is 2.16. The predicted molar refractivity (Wildman–Crippen MR) is 62.0 cm³/mol. The van der Waals surface area contributed by atoms with Crippen LogP contribution in [0.3, 0.4) is 0 Å². The van der Waals surface area contributed by atoms with Gasteiger partial charge in [0.05, 0.1) is 6.61 Å². The topological polar surface area (TPSA) is 67.4 Å². The quantitative estimate of drug-likeness (QED) is 0.469. The van der Waals surface area contributed by atoms with Crippen LogP contribution in [-0.4, -0.2) is 38.1 Å². The molecule has 0 saturated carbocycles. The van der Waals surface area contributed by atoms with Gasteiger partial charge in [0.15, 0.2) is 0 Å². The van der Waals surface area contributed by atoms with E-state index in [2.05, 4.69) is 10.6 Å². The molecule has 5 nitrogen and oxygen atoms in total. The van der Waals surface area contributed by atoms with Gasteiger partial charge in [-0.25, -0.2) is 0 Å². The third-order valence-corrected chi connectivity index (χ3v) is 2.21. The highest BCUT2D eigenvalue weighted by atomic mass is 16.5. The number of hydrogen-bond donors (Lipinski definition) is 2. The van der Waals surface area contributed by atoms with Crippen molar-refractivity contribution in [3.63, 3.8) is 0 Å². The van der Waals surface area contributed by atoms with Crippen LogP contribution in [0.15, 0.2) is 0 Å². The molecule has 0 rings (SSSR count). The minimum Gasteiger partial charge on any atom is -0.465 e. The fraction of sp³-hybridized carbons (Fsp3) is 0.818. The number of carbonyl (C=O) groups is 2. The van der Waals surface area contributed by atoms with Gasteiger partial charge in [-0.3, -0.25) is 9.59 Å². The summed E-state index contributed by atoms with van der Waals surface area (Å²) in [5, 5.41) is 5.64. The number of hydrogen-bond acceptors (Lipinski definition) is 4. The third kappa shape index (κ3) is 7.23. The molecule has 2 N–H and O–H groups in total. The summed E-state index contributed by atoms with van der Waals surface area (Å²) in [5.41, 5.74) is 0. The molecule has 0 spiro atoms. The zero-order valence-electron chi connectivity index (χ0n) is 10.3. The first kappa shape index (κ1) is 14.9. The van der Waals surface area contributed by atoms with Crippen molar-refractivity contribution in [1.82, 2.24) is 10.6 Å². The number of likely N-dealkylation sites (N-methyl/N-ethyl adjacent to an activating group) is 1. The summed E-state index contributed by atoms with van der Waals surface area (Å²) in [7, 11) is 1.75. The molecule has 94 valence electrons. The summed E-state index contributed by atoms with van der Waals surface area (Å²) in [6.45, 7) is 4.36. The molecule has 0 aliphatic carbocycles. The lowest BCUT2D eigenvalue weighted by atomic mass is 10.1. The van der Waals surface area contributed by atoms with E-state index in [9.17, 15) is 9.59 Å². The van der Waals surface area contributed by atoms with E-state index < -0.39 is 0 Å². The first-order chi connectivity index (χ1) is 7.61. The van der Waals surface area contributed by atoms with E-state index in [4.69, 9.17) is 4.74 Å². The number of unbranched alkanes of at least 4 members (excludes halogenated alkanes) is 1. The standard InChI is InChI=1S/C11H22N2O3/c1-4-16-11(15)10(12-3)7-5-6-8-13-9(2)14/h10,12H,4-8H2,1-3H3,(H,13,14). The van der Waals surface area contributed by atoms with Gasteiger partial charge in [0.25, 0.3) is 0 Å². The van der Waals surface area contributed by atoms with Crippen molar-refractivity contribution in [1.29, 1.82) is 0 Å². The van der Waals surface area contributed by atoms with Crippen LogP contribution in [0.5, 0.6) is 0 Å². The largest absolute Gasteiger partial charge is 0.465 e.